The first kappa shape index (κ1) is 15.5. The summed E-state index contributed by atoms with van der Waals surface area (Å²) >= 11 is 3.43. The van der Waals surface area contributed by atoms with Crippen molar-refractivity contribution >= 4 is 27.4 Å². The Hall–Kier alpha value is -2.80. The lowest BCUT2D eigenvalue weighted by molar-refractivity contribution is 0.0705. The van der Waals surface area contributed by atoms with E-state index < -0.39 is 0 Å². The highest BCUT2D eigenvalue weighted by atomic mass is 79.9. The van der Waals surface area contributed by atoms with Crippen LogP contribution in [0.25, 0.3) is 16.8 Å². The molecule has 130 valence electrons. The molecule has 0 unspecified atom stereocenters. The Morgan fingerprint density at radius 1 is 1.15 bits per heavy atom. The highest BCUT2D eigenvalue weighted by Gasteiger charge is 2.25. The van der Waals surface area contributed by atoms with E-state index >= 15 is 0 Å². The van der Waals surface area contributed by atoms with Crippen LogP contribution in [-0.2, 0) is 13.1 Å². The van der Waals surface area contributed by atoms with Gasteiger partial charge >= 0.3 is 0 Å². The molecule has 0 bridgehead atoms. The topological polar surface area (TPSA) is 55.7 Å². The zero-order valence-electron chi connectivity index (χ0n) is 13.8. The number of carbonyl (C=O) groups excluding carboxylic acids is 1. The van der Waals surface area contributed by atoms with Crippen LogP contribution in [-0.4, -0.2) is 31.5 Å². The monoisotopic (exact) mass is 410 g/mol. The normalized spacial score (nSPS) is 14.0. The van der Waals surface area contributed by atoms with Gasteiger partial charge in [-0.15, -0.1) is 0 Å². The van der Waals surface area contributed by atoms with Gasteiger partial charge in [-0.1, -0.05) is 0 Å². The van der Waals surface area contributed by atoms with E-state index in [4.69, 9.17) is 4.42 Å². The number of amides is 1. The van der Waals surface area contributed by atoms with E-state index in [-0.39, 0.29) is 5.91 Å². The van der Waals surface area contributed by atoms with Crippen LogP contribution in [0.15, 0.2) is 64.0 Å². The number of rotatable bonds is 2. The predicted molar refractivity (Wildman–Crippen MR) is 99.8 cm³/mol. The summed E-state index contributed by atoms with van der Waals surface area (Å²) in [6, 6.07) is 11.8. The summed E-state index contributed by atoms with van der Waals surface area (Å²) in [4.78, 5) is 14.8. The van der Waals surface area contributed by atoms with Crippen molar-refractivity contribution in [3.05, 3.63) is 71.0 Å². The SMILES string of the molecule is O=C(c1cc2ccc(Br)cn2n1)N1CCn2c(ccc2-c2ccoc2)C1. The summed E-state index contributed by atoms with van der Waals surface area (Å²) in [6.45, 7) is 1.99. The standard InChI is InChI=1S/C19H15BrN4O2/c20-14-1-2-15-9-17(21-24(15)10-14)19(25)22-6-7-23-16(11-22)3-4-18(23)13-5-8-26-12-13/h1-5,8-10,12H,6-7,11H2. The average molecular weight is 411 g/mol. The van der Waals surface area contributed by atoms with Crippen molar-refractivity contribution in [2.75, 3.05) is 6.54 Å². The fraction of sp³-hybridized carbons (Fsp3) is 0.158. The molecule has 0 spiro atoms. The fourth-order valence-corrected chi connectivity index (χ4v) is 3.80. The van der Waals surface area contributed by atoms with E-state index in [0.29, 0.717) is 18.8 Å². The van der Waals surface area contributed by atoms with Crippen LogP contribution >= 0.6 is 15.9 Å². The molecule has 4 aromatic heterocycles. The highest BCUT2D eigenvalue weighted by Crippen LogP contribution is 2.27. The van der Waals surface area contributed by atoms with Gasteiger partial charge in [-0.05, 0) is 52.3 Å². The molecule has 6 nitrogen and oxygen atoms in total. The van der Waals surface area contributed by atoms with Crippen LogP contribution in [0.4, 0.5) is 0 Å². The number of fused-ring (bicyclic) bond motifs is 2. The van der Waals surface area contributed by atoms with Gasteiger partial charge in [0.05, 0.1) is 30.3 Å². The molecule has 5 heterocycles. The second kappa shape index (κ2) is 5.88. The lowest BCUT2D eigenvalue weighted by Crippen LogP contribution is -2.38. The van der Waals surface area contributed by atoms with Crippen LogP contribution < -0.4 is 0 Å². The smallest absolute Gasteiger partial charge is 0.274 e. The largest absolute Gasteiger partial charge is 0.472 e. The van der Waals surface area contributed by atoms with Gasteiger partial charge in [-0.3, -0.25) is 4.79 Å². The molecule has 5 rings (SSSR count). The number of furan rings is 1. The van der Waals surface area contributed by atoms with E-state index in [9.17, 15) is 4.79 Å². The molecule has 7 heteroatoms. The Morgan fingerprint density at radius 2 is 2.08 bits per heavy atom. The number of nitrogens with zero attached hydrogens (tertiary/aromatic N) is 4. The fourth-order valence-electron chi connectivity index (χ4n) is 3.47. The van der Waals surface area contributed by atoms with E-state index in [1.54, 1.807) is 17.0 Å². The van der Waals surface area contributed by atoms with Gasteiger partial charge in [0, 0.05) is 35.0 Å². The Bertz CT molecular complexity index is 1110. The minimum Gasteiger partial charge on any atom is -0.472 e. The maximum Gasteiger partial charge on any atom is 0.274 e. The van der Waals surface area contributed by atoms with Crippen LogP contribution in [0.1, 0.15) is 16.2 Å². The van der Waals surface area contributed by atoms with E-state index in [2.05, 4.69) is 37.7 Å². The van der Waals surface area contributed by atoms with Crippen molar-refractivity contribution < 1.29 is 9.21 Å². The number of halogens is 1. The average Bonchev–Trinajstić information content (AvgIpc) is 3.38. The van der Waals surface area contributed by atoms with Gasteiger partial charge in [0.2, 0.25) is 0 Å². The zero-order valence-corrected chi connectivity index (χ0v) is 15.4. The Labute approximate surface area is 157 Å². The minimum absolute atomic E-state index is 0.0397. The third-order valence-corrected chi connectivity index (χ3v) is 5.23. The summed E-state index contributed by atoms with van der Waals surface area (Å²) in [5.74, 6) is -0.0397. The van der Waals surface area contributed by atoms with Crippen molar-refractivity contribution in [3.8, 4) is 11.3 Å². The van der Waals surface area contributed by atoms with Gasteiger partial charge in [0.15, 0.2) is 5.69 Å². The molecule has 0 N–H and O–H groups in total. The Morgan fingerprint density at radius 3 is 2.92 bits per heavy atom. The molecule has 0 saturated heterocycles. The van der Waals surface area contributed by atoms with Crippen LogP contribution in [0.3, 0.4) is 0 Å². The summed E-state index contributed by atoms with van der Waals surface area (Å²) < 4.78 is 10.1. The summed E-state index contributed by atoms with van der Waals surface area (Å²) in [6.07, 6.45) is 5.27. The van der Waals surface area contributed by atoms with Gasteiger partial charge in [0.25, 0.3) is 5.91 Å². The van der Waals surface area contributed by atoms with Crippen molar-refractivity contribution in [2.45, 2.75) is 13.1 Å². The van der Waals surface area contributed by atoms with Crippen molar-refractivity contribution in [2.24, 2.45) is 0 Å². The van der Waals surface area contributed by atoms with Gasteiger partial charge in [-0.2, -0.15) is 5.10 Å². The molecule has 26 heavy (non-hydrogen) atoms. The highest BCUT2D eigenvalue weighted by molar-refractivity contribution is 9.10. The Balaban J connectivity index is 1.42. The van der Waals surface area contributed by atoms with Crippen molar-refractivity contribution in [1.29, 1.82) is 0 Å². The minimum atomic E-state index is -0.0397. The molecule has 1 aliphatic rings. The molecule has 0 atom stereocenters. The molecular weight excluding hydrogens is 396 g/mol. The lowest BCUT2D eigenvalue weighted by Gasteiger charge is -2.29. The third kappa shape index (κ3) is 2.47. The molecule has 0 aliphatic carbocycles. The van der Waals surface area contributed by atoms with Gasteiger partial charge in [0.1, 0.15) is 0 Å². The molecule has 0 fully saturated rings. The number of hydrogen-bond donors (Lipinski definition) is 0. The lowest BCUT2D eigenvalue weighted by atomic mass is 10.2. The molecule has 0 saturated carbocycles. The zero-order chi connectivity index (χ0) is 17.7. The number of hydrogen-bond acceptors (Lipinski definition) is 3. The molecule has 0 radical (unpaired) electrons. The molecular formula is C19H15BrN4O2. The summed E-state index contributed by atoms with van der Waals surface area (Å²) in [5.41, 5.74) is 4.67. The number of carbonyl (C=O) groups is 1. The van der Waals surface area contributed by atoms with Crippen molar-refractivity contribution in [1.82, 2.24) is 19.1 Å². The second-order valence-electron chi connectivity index (χ2n) is 6.35. The van der Waals surface area contributed by atoms with Gasteiger partial charge < -0.3 is 13.9 Å². The van der Waals surface area contributed by atoms with Crippen LogP contribution in [0.2, 0.25) is 0 Å². The third-order valence-electron chi connectivity index (χ3n) is 4.76. The maximum atomic E-state index is 12.9. The second-order valence-corrected chi connectivity index (χ2v) is 7.26. The van der Waals surface area contributed by atoms with Gasteiger partial charge in [-0.25, -0.2) is 4.52 Å². The first-order valence-corrected chi connectivity index (χ1v) is 9.13. The quantitative estimate of drug-likeness (QED) is 0.504. The number of aromatic nitrogens is 3. The predicted octanol–water partition coefficient (Wildman–Crippen LogP) is 3.81. The Kier molecular flexibility index (Phi) is 3.49. The van der Waals surface area contributed by atoms with E-state index in [0.717, 1.165) is 33.5 Å². The molecule has 4 aromatic rings. The number of pyridine rings is 1. The molecule has 1 aliphatic heterocycles. The summed E-state index contributed by atoms with van der Waals surface area (Å²) in [5, 5.41) is 4.43. The van der Waals surface area contributed by atoms with E-state index in [1.807, 2.05) is 35.4 Å². The van der Waals surface area contributed by atoms with Crippen LogP contribution in [0.5, 0.6) is 0 Å². The van der Waals surface area contributed by atoms with E-state index in [1.165, 1.54) is 0 Å². The van der Waals surface area contributed by atoms with Crippen LogP contribution in [0, 0.1) is 0 Å². The first-order valence-electron chi connectivity index (χ1n) is 8.34. The molecule has 0 aromatic carbocycles. The maximum absolute atomic E-state index is 12.9. The first-order chi connectivity index (χ1) is 12.7. The molecule has 1 amide bonds. The summed E-state index contributed by atoms with van der Waals surface area (Å²) in [7, 11) is 0. The van der Waals surface area contributed by atoms with Crippen molar-refractivity contribution in [3.63, 3.8) is 0 Å².